The summed E-state index contributed by atoms with van der Waals surface area (Å²) in [5.74, 6) is -0.336. The fourth-order valence-electron chi connectivity index (χ4n) is 2.79. The quantitative estimate of drug-likeness (QED) is 0.589. The van der Waals surface area contributed by atoms with Gasteiger partial charge >= 0.3 is 0 Å². The first-order valence-electron chi connectivity index (χ1n) is 8.51. The van der Waals surface area contributed by atoms with Crippen LogP contribution in [-0.4, -0.2) is 33.3 Å². The van der Waals surface area contributed by atoms with Gasteiger partial charge in [-0.05, 0) is 66.5 Å². The summed E-state index contributed by atoms with van der Waals surface area (Å²) in [6.45, 7) is 2.36. The van der Waals surface area contributed by atoms with Crippen LogP contribution in [-0.2, 0) is 6.54 Å². The molecule has 7 heteroatoms. The monoisotopic (exact) mass is 385 g/mol. The number of anilines is 1. The van der Waals surface area contributed by atoms with E-state index < -0.39 is 0 Å². The normalized spacial score (nSPS) is 10.8. The summed E-state index contributed by atoms with van der Waals surface area (Å²) in [4.78, 5) is 17.0. The third-order valence-corrected chi connectivity index (χ3v) is 4.55. The molecule has 3 N–H and O–H groups in total. The minimum absolute atomic E-state index is 0.115. The van der Waals surface area contributed by atoms with Gasteiger partial charge in [0.2, 0.25) is 0 Å². The highest BCUT2D eigenvalue weighted by atomic mass is 32.1. The lowest BCUT2D eigenvalue weighted by molar-refractivity contribution is 0.248. The second-order valence-corrected chi connectivity index (χ2v) is 6.68. The number of rotatable bonds is 5. The molecular formula is C20H20FN3O2S. The number of H-pyrrole nitrogens is 1. The Morgan fingerprint density at radius 1 is 1.22 bits per heavy atom. The van der Waals surface area contributed by atoms with Gasteiger partial charge in [0, 0.05) is 23.3 Å². The lowest BCUT2D eigenvalue weighted by atomic mass is 10.1. The van der Waals surface area contributed by atoms with Crippen molar-refractivity contribution in [2.24, 2.45) is 0 Å². The summed E-state index contributed by atoms with van der Waals surface area (Å²) >= 11 is 5.41. The number of hydrogen-bond donors (Lipinski definition) is 3. The summed E-state index contributed by atoms with van der Waals surface area (Å²) in [6.07, 6.45) is 0. The second kappa shape index (κ2) is 8.28. The average molecular weight is 385 g/mol. The minimum Gasteiger partial charge on any atom is -0.395 e. The number of thiocarbonyl (C=S) groups is 1. The van der Waals surface area contributed by atoms with Gasteiger partial charge in [-0.15, -0.1) is 0 Å². The van der Waals surface area contributed by atoms with Gasteiger partial charge in [0.1, 0.15) is 5.82 Å². The zero-order chi connectivity index (χ0) is 19.4. The summed E-state index contributed by atoms with van der Waals surface area (Å²) < 4.78 is 13.0. The van der Waals surface area contributed by atoms with Crippen LogP contribution in [0.25, 0.3) is 10.9 Å². The number of pyridine rings is 1. The summed E-state index contributed by atoms with van der Waals surface area (Å²) in [5, 5.41) is 13.7. The van der Waals surface area contributed by atoms with Gasteiger partial charge < -0.3 is 20.3 Å². The number of nitrogens with one attached hydrogen (secondary N) is 2. The van der Waals surface area contributed by atoms with Crippen LogP contribution in [0, 0.1) is 12.7 Å². The van der Waals surface area contributed by atoms with E-state index in [2.05, 4.69) is 10.3 Å². The Morgan fingerprint density at radius 3 is 2.67 bits per heavy atom. The number of benzene rings is 2. The number of aliphatic hydroxyl groups excluding tert-OH is 1. The molecule has 3 rings (SSSR count). The molecule has 5 nitrogen and oxygen atoms in total. The Bertz CT molecular complexity index is 1020. The van der Waals surface area contributed by atoms with Crippen molar-refractivity contribution in [2.45, 2.75) is 13.5 Å². The number of hydrogen-bond acceptors (Lipinski definition) is 3. The summed E-state index contributed by atoms with van der Waals surface area (Å²) in [6, 6.07) is 13.5. The lowest BCUT2D eigenvalue weighted by Crippen LogP contribution is -2.37. The summed E-state index contributed by atoms with van der Waals surface area (Å²) in [5.41, 5.74) is 2.83. The number of halogens is 1. The number of fused-ring (bicyclic) bond motifs is 1. The van der Waals surface area contributed by atoms with E-state index in [0.717, 1.165) is 16.5 Å². The van der Waals surface area contributed by atoms with Crippen LogP contribution in [0.2, 0.25) is 0 Å². The van der Waals surface area contributed by atoms with Crippen molar-refractivity contribution >= 4 is 33.9 Å². The maximum absolute atomic E-state index is 13.0. The van der Waals surface area contributed by atoms with E-state index >= 15 is 0 Å². The van der Waals surface area contributed by atoms with Crippen molar-refractivity contribution in [3.8, 4) is 0 Å². The zero-order valence-electron chi connectivity index (χ0n) is 14.8. The Morgan fingerprint density at radius 2 is 1.96 bits per heavy atom. The first-order chi connectivity index (χ1) is 13.0. The van der Waals surface area contributed by atoms with Crippen molar-refractivity contribution in [3.05, 3.63) is 75.8 Å². The molecule has 0 atom stereocenters. The Kier molecular flexibility index (Phi) is 5.83. The third-order valence-electron chi connectivity index (χ3n) is 4.19. The number of aryl methyl sites for hydroxylation is 1. The molecule has 1 aromatic heterocycles. The molecule has 0 spiro atoms. The van der Waals surface area contributed by atoms with Crippen molar-refractivity contribution < 1.29 is 9.50 Å². The van der Waals surface area contributed by atoms with Crippen LogP contribution < -0.4 is 10.9 Å². The molecule has 27 heavy (non-hydrogen) atoms. The van der Waals surface area contributed by atoms with Gasteiger partial charge in [-0.2, -0.15) is 0 Å². The molecule has 140 valence electrons. The Balaban J connectivity index is 1.83. The SMILES string of the molecule is Cc1ccc2cc(CN(CCO)C(=S)Nc3ccc(F)cc3)c(=O)[nH]c2c1. The standard InChI is InChI=1S/C20H20FN3O2S/c1-13-2-3-14-11-15(19(26)23-18(14)10-13)12-24(8-9-25)20(27)22-17-6-4-16(21)5-7-17/h2-7,10-11,25H,8-9,12H2,1H3,(H,22,27)(H,23,26). The number of nitrogens with zero attached hydrogens (tertiary/aromatic N) is 1. The molecule has 0 amide bonds. The van der Waals surface area contributed by atoms with Crippen molar-refractivity contribution in [3.63, 3.8) is 0 Å². The molecule has 2 aromatic carbocycles. The molecule has 0 saturated heterocycles. The average Bonchev–Trinajstić information content (AvgIpc) is 2.64. The fraction of sp³-hybridized carbons (Fsp3) is 0.200. The maximum Gasteiger partial charge on any atom is 0.253 e. The summed E-state index contributed by atoms with van der Waals surface area (Å²) in [7, 11) is 0. The molecule has 0 radical (unpaired) electrons. The van der Waals surface area contributed by atoms with E-state index in [1.54, 1.807) is 17.0 Å². The van der Waals surface area contributed by atoms with E-state index in [0.29, 0.717) is 16.4 Å². The first-order valence-corrected chi connectivity index (χ1v) is 8.92. The van der Waals surface area contributed by atoms with Gasteiger partial charge in [-0.1, -0.05) is 12.1 Å². The van der Waals surface area contributed by atoms with Gasteiger partial charge in [-0.25, -0.2) is 4.39 Å². The van der Waals surface area contributed by atoms with Crippen LogP contribution in [0.15, 0.2) is 53.3 Å². The van der Waals surface area contributed by atoms with Crippen LogP contribution in [0.4, 0.5) is 10.1 Å². The number of aromatic nitrogens is 1. The predicted molar refractivity (Wildman–Crippen MR) is 109 cm³/mol. The lowest BCUT2D eigenvalue weighted by Gasteiger charge is -2.25. The smallest absolute Gasteiger partial charge is 0.253 e. The highest BCUT2D eigenvalue weighted by Gasteiger charge is 2.13. The van der Waals surface area contributed by atoms with E-state index in [9.17, 15) is 14.3 Å². The van der Waals surface area contributed by atoms with E-state index in [4.69, 9.17) is 12.2 Å². The van der Waals surface area contributed by atoms with Gasteiger partial charge in [-0.3, -0.25) is 4.79 Å². The van der Waals surface area contributed by atoms with Gasteiger partial charge in [0.15, 0.2) is 5.11 Å². The second-order valence-electron chi connectivity index (χ2n) is 6.30. The molecule has 0 aliphatic heterocycles. The van der Waals surface area contributed by atoms with Crippen LogP contribution in [0.1, 0.15) is 11.1 Å². The van der Waals surface area contributed by atoms with E-state index in [1.165, 1.54) is 12.1 Å². The minimum atomic E-state index is -0.336. The third kappa shape index (κ3) is 4.69. The molecule has 0 bridgehead atoms. The molecule has 1 heterocycles. The molecule has 0 aliphatic carbocycles. The molecule has 3 aromatic rings. The molecule has 0 fully saturated rings. The number of aliphatic hydroxyl groups is 1. The van der Waals surface area contributed by atoms with E-state index in [-0.39, 0.29) is 31.1 Å². The van der Waals surface area contributed by atoms with Crippen molar-refractivity contribution in [2.75, 3.05) is 18.5 Å². The van der Waals surface area contributed by atoms with Crippen LogP contribution in [0.3, 0.4) is 0 Å². The molecule has 0 saturated carbocycles. The topological polar surface area (TPSA) is 68.4 Å². The zero-order valence-corrected chi connectivity index (χ0v) is 15.6. The van der Waals surface area contributed by atoms with Crippen molar-refractivity contribution in [1.29, 1.82) is 0 Å². The van der Waals surface area contributed by atoms with Gasteiger partial charge in [0.25, 0.3) is 5.56 Å². The van der Waals surface area contributed by atoms with Gasteiger partial charge in [0.05, 0.1) is 13.2 Å². The highest BCUT2D eigenvalue weighted by molar-refractivity contribution is 7.80. The van der Waals surface area contributed by atoms with Crippen molar-refractivity contribution in [1.82, 2.24) is 9.88 Å². The Hall–Kier alpha value is -2.77. The van der Waals surface area contributed by atoms with Crippen LogP contribution in [0.5, 0.6) is 0 Å². The highest BCUT2D eigenvalue weighted by Crippen LogP contribution is 2.15. The fourth-order valence-corrected chi connectivity index (χ4v) is 3.07. The molecule has 0 aliphatic rings. The van der Waals surface area contributed by atoms with Crippen LogP contribution >= 0.6 is 12.2 Å². The Labute approximate surface area is 161 Å². The molecular weight excluding hydrogens is 365 g/mol. The maximum atomic E-state index is 13.0. The van der Waals surface area contributed by atoms with E-state index in [1.807, 2.05) is 31.2 Å². The number of aromatic amines is 1. The predicted octanol–water partition coefficient (Wildman–Crippen LogP) is 3.17. The molecule has 0 unspecified atom stereocenters. The largest absolute Gasteiger partial charge is 0.395 e. The first kappa shape index (κ1) is 19.0.